The highest BCUT2D eigenvalue weighted by molar-refractivity contribution is 7.47. The lowest BCUT2D eigenvalue weighted by Gasteiger charge is -2.20. The fourth-order valence-corrected chi connectivity index (χ4v) is 7.02. The summed E-state index contributed by atoms with van der Waals surface area (Å²) in [6, 6.07) is -1.52. The van der Waals surface area contributed by atoms with E-state index in [1.807, 2.05) is 0 Å². The maximum atomic E-state index is 12.6. The van der Waals surface area contributed by atoms with Crippen LogP contribution in [-0.4, -0.2) is 59.9 Å². The van der Waals surface area contributed by atoms with Crippen LogP contribution < -0.4 is 5.73 Å². The van der Waals surface area contributed by atoms with E-state index >= 15 is 0 Å². The summed E-state index contributed by atoms with van der Waals surface area (Å²) >= 11 is 0. The van der Waals surface area contributed by atoms with Crippen molar-refractivity contribution in [3.05, 3.63) is 12.2 Å². The molecule has 0 rings (SSSR count). The Morgan fingerprint density at radius 3 is 1.33 bits per heavy atom. The van der Waals surface area contributed by atoms with E-state index < -0.39 is 51.1 Å². The smallest absolute Gasteiger partial charge is 0.472 e. The number of aliphatic carboxylic acids is 1. The molecule has 12 heteroatoms. The second-order valence-corrected chi connectivity index (χ2v) is 16.6. The van der Waals surface area contributed by atoms with E-state index in [4.69, 9.17) is 24.8 Å². The lowest BCUT2D eigenvalue weighted by Crippen LogP contribution is -2.34. The first kappa shape index (κ1) is 53.2. The topological polar surface area (TPSA) is 172 Å². The van der Waals surface area contributed by atoms with Crippen LogP contribution in [0.3, 0.4) is 0 Å². The lowest BCUT2D eigenvalue weighted by molar-refractivity contribution is -0.161. The lowest BCUT2D eigenvalue weighted by atomic mass is 10.0. The Labute approximate surface area is 335 Å². The van der Waals surface area contributed by atoms with Gasteiger partial charge in [-0.1, -0.05) is 174 Å². The second-order valence-electron chi connectivity index (χ2n) is 15.2. The van der Waals surface area contributed by atoms with Crippen molar-refractivity contribution in [3.63, 3.8) is 0 Å². The van der Waals surface area contributed by atoms with Gasteiger partial charge in [0.05, 0.1) is 13.2 Å². The first-order valence-corrected chi connectivity index (χ1v) is 23.7. The van der Waals surface area contributed by atoms with Crippen LogP contribution in [0.5, 0.6) is 0 Å². The Kier molecular flexibility index (Phi) is 37.8. The Morgan fingerprint density at radius 1 is 0.545 bits per heavy atom. The second kappa shape index (κ2) is 39.1. The maximum absolute atomic E-state index is 12.6. The number of carboxylic acids is 1. The molecule has 0 aliphatic rings. The summed E-state index contributed by atoms with van der Waals surface area (Å²) in [5.74, 6) is -2.37. The number of unbranched alkanes of at least 4 members (excludes halogenated alkanes) is 26. The number of carbonyl (C=O) groups excluding carboxylic acids is 2. The molecule has 3 atom stereocenters. The summed E-state index contributed by atoms with van der Waals surface area (Å²) in [5.41, 5.74) is 5.33. The van der Waals surface area contributed by atoms with Crippen molar-refractivity contribution in [3.8, 4) is 0 Å². The van der Waals surface area contributed by atoms with Crippen molar-refractivity contribution >= 4 is 25.7 Å². The summed E-state index contributed by atoms with van der Waals surface area (Å²) < 4.78 is 32.7. The predicted octanol–water partition coefficient (Wildman–Crippen LogP) is 11.7. The molecule has 0 aromatic carbocycles. The minimum absolute atomic E-state index is 0.163. The van der Waals surface area contributed by atoms with Crippen LogP contribution in [0.2, 0.25) is 0 Å². The van der Waals surface area contributed by atoms with Gasteiger partial charge in [-0.2, -0.15) is 0 Å². The van der Waals surface area contributed by atoms with Gasteiger partial charge in [-0.25, -0.2) is 4.57 Å². The van der Waals surface area contributed by atoms with Crippen molar-refractivity contribution in [1.29, 1.82) is 0 Å². The van der Waals surface area contributed by atoms with E-state index in [0.29, 0.717) is 12.8 Å². The number of phosphoric ester groups is 1. The molecule has 0 bridgehead atoms. The van der Waals surface area contributed by atoms with E-state index in [1.165, 1.54) is 135 Å². The summed E-state index contributed by atoms with van der Waals surface area (Å²) in [5, 5.41) is 8.88. The van der Waals surface area contributed by atoms with Gasteiger partial charge in [-0.05, 0) is 38.5 Å². The Balaban J connectivity index is 4.30. The van der Waals surface area contributed by atoms with E-state index in [1.54, 1.807) is 0 Å². The normalized spacial score (nSPS) is 13.8. The van der Waals surface area contributed by atoms with Gasteiger partial charge < -0.3 is 25.2 Å². The van der Waals surface area contributed by atoms with E-state index in [0.717, 1.165) is 38.5 Å². The van der Waals surface area contributed by atoms with Crippen LogP contribution in [0.15, 0.2) is 12.2 Å². The molecule has 0 saturated heterocycles. The number of esters is 2. The monoisotopic (exact) mass is 804 g/mol. The average molecular weight is 804 g/mol. The van der Waals surface area contributed by atoms with Crippen LogP contribution in [-0.2, 0) is 37.5 Å². The highest BCUT2D eigenvalue weighted by Crippen LogP contribution is 2.43. The van der Waals surface area contributed by atoms with E-state index in [-0.39, 0.29) is 19.4 Å². The van der Waals surface area contributed by atoms with Crippen LogP contribution in [0.1, 0.15) is 213 Å². The van der Waals surface area contributed by atoms with Crippen molar-refractivity contribution < 1.29 is 47.5 Å². The molecule has 0 aliphatic heterocycles. The Morgan fingerprint density at radius 2 is 0.909 bits per heavy atom. The highest BCUT2D eigenvalue weighted by atomic mass is 31.2. The van der Waals surface area contributed by atoms with Gasteiger partial charge in [-0.15, -0.1) is 0 Å². The SMILES string of the molecule is CCCCCCCC/C=C\CCCCCCCCCCCC(=O)OC(COC(=O)CCCCCCCCCCCCCC)COP(=O)(O)OCC(N)C(=O)O. The molecule has 0 aromatic heterocycles. The summed E-state index contributed by atoms with van der Waals surface area (Å²) in [6.07, 6.45) is 38.4. The minimum atomic E-state index is -4.71. The zero-order valence-corrected chi connectivity index (χ0v) is 35.9. The molecule has 0 saturated carbocycles. The maximum Gasteiger partial charge on any atom is 0.472 e. The molecule has 0 heterocycles. The van der Waals surface area contributed by atoms with Gasteiger partial charge in [0.1, 0.15) is 12.6 Å². The minimum Gasteiger partial charge on any atom is -0.480 e. The van der Waals surface area contributed by atoms with Crippen molar-refractivity contribution in [1.82, 2.24) is 0 Å². The molecule has 11 nitrogen and oxygen atoms in total. The van der Waals surface area contributed by atoms with Gasteiger partial charge >= 0.3 is 25.7 Å². The fourth-order valence-electron chi connectivity index (χ4n) is 6.24. The first-order chi connectivity index (χ1) is 26.6. The van der Waals surface area contributed by atoms with Gasteiger partial charge in [-0.3, -0.25) is 23.4 Å². The Bertz CT molecular complexity index is 995. The Hall–Kier alpha value is -1.78. The number of allylic oxidation sites excluding steroid dienone is 2. The number of hydrogen-bond donors (Lipinski definition) is 3. The third-order valence-corrected chi connectivity index (χ3v) is 10.7. The highest BCUT2D eigenvalue weighted by Gasteiger charge is 2.28. The number of nitrogens with two attached hydrogens (primary N) is 1. The number of ether oxygens (including phenoxy) is 2. The third kappa shape index (κ3) is 38.9. The molecule has 55 heavy (non-hydrogen) atoms. The molecule has 0 spiro atoms. The van der Waals surface area contributed by atoms with Crippen molar-refractivity contribution in [2.75, 3.05) is 19.8 Å². The molecule has 0 aromatic rings. The predicted molar refractivity (Wildman–Crippen MR) is 222 cm³/mol. The summed E-state index contributed by atoms with van der Waals surface area (Å²) in [4.78, 5) is 45.9. The van der Waals surface area contributed by atoms with Crippen LogP contribution in [0, 0.1) is 0 Å². The van der Waals surface area contributed by atoms with Crippen LogP contribution in [0.25, 0.3) is 0 Å². The number of carbonyl (C=O) groups is 3. The molecular formula is C43H82NO10P. The molecular weight excluding hydrogens is 721 g/mol. The molecule has 0 aliphatic carbocycles. The molecule has 324 valence electrons. The average Bonchev–Trinajstić information content (AvgIpc) is 3.16. The number of rotatable bonds is 42. The van der Waals surface area contributed by atoms with E-state index in [9.17, 15) is 23.8 Å². The quantitative estimate of drug-likeness (QED) is 0.0232. The largest absolute Gasteiger partial charge is 0.480 e. The third-order valence-electron chi connectivity index (χ3n) is 9.76. The van der Waals surface area contributed by atoms with E-state index in [2.05, 4.69) is 30.5 Å². The van der Waals surface area contributed by atoms with Gasteiger partial charge in [0.25, 0.3) is 0 Å². The summed E-state index contributed by atoms with van der Waals surface area (Å²) in [7, 11) is -4.71. The van der Waals surface area contributed by atoms with Gasteiger partial charge in [0.2, 0.25) is 0 Å². The zero-order chi connectivity index (χ0) is 40.7. The van der Waals surface area contributed by atoms with Crippen LogP contribution >= 0.6 is 7.82 Å². The molecule has 0 fully saturated rings. The number of hydrogen-bond acceptors (Lipinski definition) is 9. The molecule has 0 amide bonds. The van der Waals surface area contributed by atoms with Crippen molar-refractivity contribution in [2.24, 2.45) is 5.73 Å². The van der Waals surface area contributed by atoms with Crippen LogP contribution in [0.4, 0.5) is 0 Å². The van der Waals surface area contributed by atoms with Crippen molar-refractivity contribution in [2.45, 2.75) is 225 Å². The molecule has 3 unspecified atom stereocenters. The number of carboxylic acid groups (broad SMARTS) is 1. The van der Waals surface area contributed by atoms with Gasteiger partial charge in [0.15, 0.2) is 6.10 Å². The standard InChI is InChI=1S/C43H82NO10P/c1-3-5-7-9-11-13-15-17-18-19-20-21-22-23-25-27-29-31-33-35-42(46)54-39(37-52-55(49,50)53-38-40(44)43(47)48)36-51-41(45)34-32-30-28-26-24-16-14-12-10-8-6-4-2/h17-18,39-40H,3-16,19-38,44H2,1-2H3,(H,47,48)(H,49,50)/b18-17-. The first-order valence-electron chi connectivity index (χ1n) is 22.2. The summed E-state index contributed by atoms with van der Waals surface area (Å²) in [6.45, 7) is 2.81. The fraction of sp³-hybridized carbons (Fsp3) is 0.884. The zero-order valence-electron chi connectivity index (χ0n) is 35.0. The van der Waals surface area contributed by atoms with Gasteiger partial charge in [0, 0.05) is 12.8 Å². The number of phosphoric acid groups is 1. The molecule has 4 N–H and O–H groups in total. The molecule has 0 radical (unpaired) electrons.